The third-order valence-electron chi connectivity index (χ3n) is 5.61. The van der Waals surface area contributed by atoms with E-state index in [0.29, 0.717) is 11.8 Å². The Hall–Kier alpha value is 0.546. The van der Waals surface area contributed by atoms with Gasteiger partial charge in [-0.2, -0.15) is 0 Å². The molecule has 2 atom stereocenters. The molecule has 2 unspecified atom stereocenters. The number of carboxylic acid groups (broad SMARTS) is 1. The molecule has 0 aromatic carbocycles. The van der Waals surface area contributed by atoms with E-state index in [1.807, 2.05) is 0 Å². The Morgan fingerprint density at radius 2 is 1.17 bits per heavy atom. The maximum Gasteiger partial charge on any atom is 1.00 e. The Morgan fingerprint density at radius 1 is 0.767 bits per heavy atom. The fourth-order valence-corrected chi connectivity index (χ4v) is 3.52. The van der Waals surface area contributed by atoms with E-state index in [-0.39, 0.29) is 57.9 Å². The predicted octanol–water partition coefficient (Wildman–Crippen LogP) is 3.15. The Balaban J connectivity index is 0. The molecule has 0 aliphatic carbocycles. The second-order valence-corrected chi connectivity index (χ2v) is 8.82. The summed E-state index contributed by atoms with van der Waals surface area (Å²) in [6.45, 7) is 10.8. The number of nitrogens with zero attached hydrogens (tertiary/aromatic N) is 1. The van der Waals surface area contributed by atoms with Gasteiger partial charge in [-0.3, -0.25) is 4.90 Å². The van der Waals surface area contributed by atoms with Crippen LogP contribution in [0.1, 0.15) is 105 Å². The van der Waals surface area contributed by atoms with E-state index < -0.39 is 5.97 Å². The molecule has 0 spiro atoms. The fourth-order valence-electron chi connectivity index (χ4n) is 3.52. The molecule has 0 heterocycles. The van der Waals surface area contributed by atoms with Crippen molar-refractivity contribution < 1.29 is 61.3 Å². The normalized spacial score (nSPS) is 13.8. The summed E-state index contributed by atoms with van der Waals surface area (Å²) in [5.74, 6) is 0.338. The van der Waals surface area contributed by atoms with Crippen LogP contribution in [0.2, 0.25) is 0 Å². The Bertz CT molecular complexity index is 405. The van der Waals surface area contributed by atoms with Crippen molar-refractivity contribution in [3.63, 3.8) is 0 Å². The molecule has 30 heavy (non-hydrogen) atoms. The van der Waals surface area contributed by atoms with Gasteiger partial charge in [0, 0.05) is 6.54 Å². The molecule has 4 heteroatoms. The van der Waals surface area contributed by atoms with Gasteiger partial charge in [-0.15, -0.1) is 0 Å². The van der Waals surface area contributed by atoms with Crippen molar-refractivity contribution in [2.24, 2.45) is 11.8 Å². The molecule has 0 N–H and O–H groups in total. The number of carbonyl (C=O) groups is 1. The molecule has 0 saturated carbocycles. The number of unbranched alkanes of at least 4 members (excludes halogenated alkanes) is 4. The average molecular weight is 446 g/mol. The summed E-state index contributed by atoms with van der Waals surface area (Å²) in [6, 6.07) is 0. The zero-order valence-corrected chi connectivity index (χ0v) is 24.0. The van der Waals surface area contributed by atoms with Crippen molar-refractivity contribution in [1.29, 1.82) is 0 Å². The summed E-state index contributed by atoms with van der Waals surface area (Å²) >= 11 is 0. The molecule has 0 aliphatic rings. The summed E-state index contributed by atoms with van der Waals surface area (Å²) in [7, 11) is 0. The van der Waals surface area contributed by atoms with Crippen LogP contribution in [0.4, 0.5) is 0 Å². The van der Waals surface area contributed by atoms with Crippen LogP contribution in [0.15, 0.2) is 24.3 Å². The smallest absolute Gasteiger partial charge is 0.549 e. The second kappa shape index (κ2) is 24.2. The first-order valence-corrected chi connectivity index (χ1v) is 12.2. The number of carboxylic acids is 1. The van der Waals surface area contributed by atoms with Crippen molar-refractivity contribution >= 4 is 5.97 Å². The second-order valence-electron chi connectivity index (χ2n) is 8.82. The van der Waals surface area contributed by atoms with Crippen LogP contribution in [-0.4, -0.2) is 30.5 Å². The minimum absolute atomic E-state index is 0. The van der Waals surface area contributed by atoms with Crippen molar-refractivity contribution in [1.82, 2.24) is 4.90 Å². The molecule has 0 rings (SSSR count). The van der Waals surface area contributed by atoms with Crippen LogP contribution < -0.4 is 56.5 Å². The first-order valence-electron chi connectivity index (χ1n) is 12.2. The van der Waals surface area contributed by atoms with Crippen LogP contribution >= 0.6 is 0 Å². The van der Waals surface area contributed by atoms with Gasteiger partial charge < -0.3 is 9.90 Å². The van der Waals surface area contributed by atoms with Gasteiger partial charge in [-0.25, -0.2) is 0 Å². The first kappa shape index (κ1) is 32.7. The molecule has 0 amide bonds. The molecule has 0 aromatic heterocycles. The Kier molecular flexibility index (Phi) is 26.4. The van der Waals surface area contributed by atoms with Gasteiger partial charge in [0.15, 0.2) is 0 Å². The van der Waals surface area contributed by atoms with E-state index in [1.54, 1.807) is 0 Å². The zero-order chi connectivity index (χ0) is 21.7. The number of aliphatic carboxylic acids is 1. The molecule has 0 aromatic rings. The molecule has 0 bridgehead atoms. The monoisotopic (exact) mass is 445 g/mol. The maximum atomic E-state index is 11.1. The van der Waals surface area contributed by atoms with Gasteiger partial charge in [0.1, 0.15) is 0 Å². The van der Waals surface area contributed by atoms with Crippen molar-refractivity contribution in [3.8, 4) is 0 Å². The number of hydrogen-bond donors (Lipinski definition) is 0. The van der Waals surface area contributed by atoms with Crippen LogP contribution in [0.5, 0.6) is 0 Å². The van der Waals surface area contributed by atoms with Gasteiger partial charge in [-0.05, 0) is 76.3 Å². The third kappa shape index (κ3) is 23.2. The molecular weight excluding hydrogens is 397 g/mol. The van der Waals surface area contributed by atoms with Crippen LogP contribution in [0, 0.1) is 11.8 Å². The minimum atomic E-state index is -0.951. The summed E-state index contributed by atoms with van der Waals surface area (Å²) in [4.78, 5) is 13.2. The number of carbonyl (C=O) groups excluding carboxylic acids is 1. The van der Waals surface area contributed by atoms with E-state index >= 15 is 0 Å². The summed E-state index contributed by atoms with van der Waals surface area (Å²) in [5.41, 5.74) is 0. The Labute approximate surface area is 230 Å². The third-order valence-corrected chi connectivity index (χ3v) is 5.61. The molecule has 0 saturated heterocycles. The SMILES string of the molecule is CCC/C=C/CCCC(C)CCN(CCC(C)CCC/C=C/CCC)CC(=O)[O-].[K+]. The Morgan fingerprint density at radius 3 is 1.53 bits per heavy atom. The van der Waals surface area contributed by atoms with Gasteiger partial charge in [-0.1, -0.05) is 77.7 Å². The molecule has 170 valence electrons. The fraction of sp³-hybridized carbons (Fsp3) is 0.808. The summed E-state index contributed by atoms with van der Waals surface area (Å²) in [6.07, 6.45) is 23.4. The molecular formula is C26H48KNO2. The minimum Gasteiger partial charge on any atom is -0.549 e. The van der Waals surface area contributed by atoms with E-state index in [1.165, 1.54) is 51.4 Å². The van der Waals surface area contributed by atoms with E-state index in [2.05, 4.69) is 56.9 Å². The molecule has 0 fully saturated rings. The average Bonchev–Trinajstić information content (AvgIpc) is 2.69. The van der Waals surface area contributed by atoms with Crippen LogP contribution in [0.3, 0.4) is 0 Å². The summed E-state index contributed by atoms with van der Waals surface area (Å²) in [5, 5.41) is 11.1. The van der Waals surface area contributed by atoms with Gasteiger partial charge in [0.05, 0.1) is 5.97 Å². The number of hydrogen-bond acceptors (Lipinski definition) is 3. The van der Waals surface area contributed by atoms with E-state index in [4.69, 9.17) is 0 Å². The molecule has 0 radical (unpaired) electrons. The van der Waals surface area contributed by atoms with Crippen molar-refractivity contribution in [3.05, 3.63) is 24.3 Å². The largest absolute Gasteiger partial charge is 1.00 e. The topological polar surface area (TPSA) is 43.4 Å². The van der Waals surface area contributed by atoms with Gasteiger partial charge >= 0.3 is 51.4 Å². The maximum absolute atomic E-state index is 11.1. The van der Waals surface area contributed by atoms with Crippen LogP contribution in [0.25, 0.3) is 0 Å². The van der Waals surface area contributed by atoms with Crippen molar-refractivity contribution in [2.45, 2.75) is 105 Å². The predicted molar refractivity (Wildman–Crippen MR) is 125 cm³/mol. The van der Waals surface area contributed by atoms with E-state index in [0.717, 1.165) is 38.8 Å². The number of rotatable bonds is 20. The van der Waals surface area contributed by atoms with Crippen molar-refractivity contribution in [2.75, 3.05) is 19.6 Å². The quantitative estimate of drug-likeness (QED) is 0.164. The standard InChI is InChI=1S/C26H49NO2.K/c1-5-7-9-11-13-15-17-24(3)19-21-27(23-26(28)29)22-20-25(4)18-16-14-12-10-8-6-2;/h9-12,24-25H,5-8,13-23H2,1-4H3,(H,28,29);/q;+1/p-1/b11-9+,12-10+;. The first-order chi connectivity index (χ1) is 14.0. The van der Waals surface area contributed by atoms with Crippen LogP contribution in [-0.2, 0) is 4.79 Å². The van der Waals surface area contributed by atoms with Gasteiger partial charge in [0.25, 0.3) is 0 Å². The molecule has 0 aliphatic heterocycles. The summed E-state index contributed by atoms with van der Waals surface area (Å²) < 4.78 is 0. The number of allylic oxidation sites excluding steroid dienone is 4. The zero-order valence-electron chi connectivity index (χ0n) is 20.8. The van der Waals surface area contributed by atoms with E-state index in [9.17, 15) is 9.90 Å². The molecule has 3 nitrogen and oxygen atoms in total. The van der Waals surface area contributed by atoms with Gasteiger partial charge in [0.2, 0.25) is 0 Å².